The fourth-order valence-electron chi connectivity index (χ4n) is 3.04. The lowest BCUT2D eigenvalue weighted by molar-refractivity contribution is 0.276. The number of aromatic amines is 1. The highest BCUT2D eigenvalue weighted by Crippen LogP contribution is 2.29. The van der Waals surface area contributed by atoms with Crippen LogP contribution in [0.25, 0.3) is 22.1 Å². The van der Waals surface area contributed by atoms with Gasteiger partial charge in [0.15, 0.2) is 23.1 Å². The van der Waals surface area contributed by atoms with Crippen LogP contribution in [0.15, 0.2) is 47.3 Å². The molecule has 10 heteroatoms. The molecule has 0 aliphatic carbocycles. The second-order valence-electron chi connectivity index (χ2n) is 6.16. The van der Waals surface area contributed by atoms with E-state index in [4.69, 9.17) is 9.47 Å². The quantitative estimate of drug-likeness (QED) is 0.472. The predicted octanol–water partition coefficient (Wildman–Crippen LogP) is 1.56. The maximum atomic E-state index is 12.9. The van der Waals surface area contributed by atoms with E-state index in [1.807, 2.05) is 42.5 Å². The average molecular weight is 406 g/mol. The van der Waals surface area contributed by atoms with E-state index in [-0.39, 0.29) is 12.2 Å². The predicted molar refractivity (Wildman–Crippen MR) is 107 cm³/mol. The highest BCUT2D eigenvalue weighted by atomic mass is 32.1. The van der Waals surface area contributed by atoms with Crippen molar-refractivity contribution < 1.29 is 9.47 Å². The lowest BCUT2D eigenvalue weighted by atomic mass is 10.2. The summed E-state index contributed by atoms with van der Waals surface area (Å²) in [6.45, 7) is 0.163. The van der Waals surface area contributed by atoms with E-state index in [0.717, 1.165) is 16.6 Å². The first kappa shape index (κ1) is 17.3. The second-order valence-corrected chi connectivity index (χ2v) is 7.17. The number of fused-ring (bicyclic) bond motifs is 3. The van der Waals surface area contributed by atoms with Crippen molar-refractivity contribution in [3.05, 3.63) is 68.7 Å². The summed E-state index contributed by atoms with van der Waals surface area (Å²) in [4.78, 5) is 18.1. The van der Waals surface area contributed by atoms with E-state index in [0.29, 0.717) is 26.8 Å². The molecule has 0 saturated carbocycles. The molecule has 2 aromatic carbocycles. The summed E-state index contributed by atoms with van der Waals surface area (Å²) >= 11 is 1.36. The van der Waals surface area contributed by atoms with Crippen LogP contribution < -0.4 is 19.6 Å². The summed E-state index contributed by atoms with van der Waals surface area (Å²) in [7, 11) is 1.56. The molecule has 0 unspecified atom stereocenters. The lowest BCUT2D eigenvalue weighted by Gasteiger charge is -2.09. The Morgan fingerprint density at radius 3 is 2.93 bits per heavy atom. The zero-order valence-corrected chi connectivity index (χ0v) is 16.0. The Hall–Kier alpha value is -3.79. The van der Waals surface area contributed by atoms with E-state index >= 15 is 0 Å². The molecule has 0 spiro atoms. The van der Waals surface area contributed by atoms with Crippen LogP contribution in [0.3, 0.4) is 0 Å². The summed E-state index contributed by atoms with van der Waals surface area (Å²) in [5, 5.41) is 13.6. The van der Waals surface area contributed by atoms with Gasteiger partial charge < -0.3 is 9.47 Å². The van der Waals surface area contributed by atoms with E-state index in [1.54, 1.807) is 17.6 Å². The van der Waals surface area contributed by atoms with Gasteiger partial charge in [-0.2, -0.15) is 5.21 Å². The minimum Gasteiger partial charge on any atom is -0.493 e. The molecule has 5 rings (SSSR count). The molecule has 0 fully saturated rings. The Morgan fingerprint density at radius 2 is 2.10 bits per heavy atom. The van der Waals surface area contributed by atoms with Crippen LogP contribution >= 0.6 is 11.3 Å². The van der Waals surface area contributed by atoms with Crippen molar-refractivity contribution in [3.8, 4) is 11.5 Å². The van der Waals surface area contributed by atoms with Crippen molar-refractivity contribution >= 4 is 33.4 Å². The molecule has 1 N–H and O–H groups in total. The molecule has 3 heterocycles. The fourth-order valence-corrected chi connectivity index (χ4v) is 4.03. The maximum absolute atomic E-state index is 12.9. The number of tetrazole rings is 1. The van der Waals surface area contributed by atoms with Gasteiger partial charge in [-0.1, -0.05) is 34.7 Å². The molecule has 0 saturated heterocycles. The fraction of sp³-hybridized carbons (Fsp3) is 0.105. The lowest BCUT2D eigenvalue weighted by Crippen LogP contribution is -2.22. The molecule has 0 amide bonds. The minimum atomic E-state index is -0.0879. The van der Waals surface area contributed by atoms with Crippen LogP contribution in [0.2, 0.25) is 0 Å². The highest BCUT2D eigenvalue weighted by molar-refractivity contribution is 7.15. The third kappa shape index (κ3) is 3.09. The molecule has 0 bridgehead atoms. The van der Waals surface area contributed by atoms with Gasteiger partial charge in [-0.05, 0) is 35.9 Å². The van der Waals surface area contributed by atoms with Gasteiger partial charge in [0, 0.05) is 0 Å². The molecule has 144 valence electrons. The summed E-state index contributed by atoms with van der Waals surface area (Å²) in [5.74, 6) is 1.53. The van der Waals surface area contributed by atoms with Crippen molar-refractivity contribution in [2.75, 3.05) is 7.11 Å². The van der Waals surface area contributed by atoms with E-state index in [2.05, 4.69) is 25.6 Å². The summed E-state index contributed by atoms with van der Waals surface area (Å²) < 4.78 is 13.4. The van der Waals surface area contributed by atoms with E-state index < -0.39 is 0 Å². The summed E-state index contributed by atoms with van der Waals surface area (Å²) in [6.07, 6.45) is 1.82. The number of hydrogen-bond acceptors (Lipinski definition) is 8. The Balaban J connectivity index is 1.51. The zero-order valence-electron chi connectivity index (χ0n) is 15.2. The van der Waals surface area contributed by atoms with Crippen LogP contribution in [-0.2, 0) is 6.61 Å². The number of nitrogens with one attached hydrogen (secondary N) is 1. The second kappa shape index (κ2) is 6.99. The number of rotatable bonds is 5. The number of nitrogens with zero attached hydrogens (tertiary/aromatic N) is 5. The van der Waals surface area contributed by atoms with Crippen LogP contribution in [0.5, 0.6) is 11.5 Å². The SMILES string of the molecule is COc1cc(/C=c2\sc3nc4ccccc4n3c2=O)ccc1OCc1nn[nH]n1. The molecule has 0 atom stereocenters. The number of imidazole rings is 1. The van der Waals surface area contributed by atoms with Crippen molar-refractivity contribution in [3.63, 3.8) is 0 Å². The Bertz CT molecular complexity index is 1420. The maximum Gasteiger partial charge on any atom is 0.274 e. The number of thiazole rings is 1. The average Bonchev–Trinajstić information content (AvgIpc) is 3.45. The van der Waals surface area contributed by atoms with Crippen LogP contribution in [-0.4, -0.2) is 37.1 Å². The van der Waals surface area contributed by atoms with Gasteiger partial charge in [-0.25, -0.2) is 9.38 Å². The smallest absolute Gasteiger partial charge is 0.274 e. The van der Waals surface area contributed by atoms with Gasteiger partial charge in [0.1, 0.15) is 0 Å². The monoisotopic (exact) mass is 406 g/mol. The number of para-hydroxylation sites is 2. The normalized spacial score (nSPS) is 12.1. The molecule has 0 radical (unpaired) electrons. The number of aromatic nitrogens is 6. The van der Waals surface area contributed by atoms with Crippen molar-refractivity contribution in [2.45, 2.75) is 6.61 Å². The third-order valence-corrected chi connectivity index (χ3v) is 5.35. The number of benzene rings is 2. The number of hydrogen-bond donors (Lipinski definition) is 1. The molecule has 29 heavy (non-hydrogen) atoms. The minimum absolute atomic E-state index is 0.0879. The third-order valence-electron chi connectivity index (χ3n) is 4.38. The van der Waals surface area contributed by atoms with Crippen LogP contribution in [0.4, 0.5) is 0 Å². The number of ether oxygens (including phenoxy) is 2. The van der Waals surface area contributed by atoms with Gasteiger partial charge in [0.25, 0.3) is 5.56 Å². The summed E-state index contributed by atoms with van der Waals surface area (Å²) in [5.41, 5.74) is 2.35. The first-order valence-electron chi connectivity index (χ1n) is 8.68. The molecule has 0 aliphatic heterocycles. The molecule has 3 aromatic heterocycles. The first-order chi connectivity index (χ1) is 14.2. The van der Waals surface area contributed by atoms with Crippen LogP contribution in [0, 0.1) is 0 Å². The Morgan fingerprint density at radius 1 is 1.21 bits per heavy atom. The Kier molecular flexibility index (Phi) is 4.17. The molecular weight excluding hydrogens is 392 g/mol. The van der Waals surface area contributed by atoms with Crippen molar-refractivity contribution in [1.29, 1.82) is 0 Å². The van der Waals surface area contributed by atoms with Gasteiger partial charge >= 0.3 is 0 Å². The van der Waals surface area contributed by atoms with E-state index in [1.165, 1.54) is 11.3 Å². The highest BCUT2D eigenvalue weighted by Gasteiger charge is 2.11. The van der Waals surface area contributed by atoms with Crippen molar-refractivity contribution in [2.24, 2.45) is 0 Å². The van der Waals surface area contributed by atoms with Gasteiger partial charge in [0.2, 0.25) is 5.82 Å². The number of methoxy groups -OCH3 is 1. The molecule has 5 aromatic rings. The molecular formula is C19H14N6O3S. The van der Waals surface area contributed by atoms with Gasteiger partial charge in [-0.3, -0.25) is 4.79 Å². The van der Waals surface area contributed by atoms with Crippen molar-refractivity contribution in [1.82, 2.24) is 30.0 Å². The molecule has 9 nitrogen and oxygen atoms in total. The van der Waals surface area contributed by atoms with Crippen LogP contribution in [0.1, 0.15) is 11.4 Å². The largest absolute Gasteiger partial charge is 0.493 e. The summed E-state index contributed by atoms with van der Waals surface area (Å²) in [6, 6.07) is 13.0. The topological polar surface area (TPSA) is 107 Å². The number of H-pyrrole nitrogens is 1. The molecule has 0 aliphatic rings. The van der Waals surface area contributed by atoms with E-state index in [9.17, 15) is 4.79 Å². The standard InChI is InChI=1S/C19H14N6O3S/c1-27-15-8-11(6-7-14(15)28-10-17-21-23-24-22-17)9-16-18(26)25-13-5-3-2-4-12(13)20-19(25)29-16/h2-9H,10H2,1H3,(H,21,22,23,24)/b16-9-. The van der Waals surface area contributed by atoms with Gasteiger partial charge in [-0.15, -0.1) is 10.2 Å². The van der Waals surface area contributed by atoms with Gasteiger partial charge in [0.05, 0.1) is 22.7 Å². The Labute approximate surface area is 167 Å². The zero-order chi connectivity index (χ0) is 19.8. The first-order valence-corrected chi connectivity index (χ1v) is 9.49.